The van der Waals surface area contributed by atoms with Crippen LogP contribution in [0.5, 0.6) is 0 Å². The van der Waals surface area contributed by atoms with Crippen molar-refractivity contribution in [3.05, 3.63) is 80.6 Å². The molecule has 0 fully saturated rings. The first kappa shape index (κ1) is 26.2. The smallest absolute Gasteiger partial charge is 0.314 e. The Labute approximate surface area is 226 Å². The molecule has 0 spiro atoms. The lowest BCUT2D eigenvalue weighted by Crippen LogP contribution is -2.40. The fourth-order valence-corrected chi connectivity index (χ4v) is 4.75. The largest absolute Gasteiger partial charge is 0.459 e. The van der Waals surface area contributed by atoms with E-state index >= 15 is 0 Å². The van der Waals surface area contributed by atoms with E-state index in [1.54, 1.807) is 29.2 Å². The Morgan fingerprint density at radius 2 is 1.78 bits per heavy atom. The van der Waals surface area contributed by atoms with E-state index < -0.39 is 11.5 Å². The highest BCUT2D eigenvalue weighted by Gasteiger charge is 2.35. The molecule has 2 amide bonds. The van der Waals surface area contributed by atoms with Crippen LogP contribution in [0.15, 0.2) is 68.2 Å². The van der Waals surface area contributed by atoms with Crippen molar-refractivity contribution in [2.24, 2.45) is 0 Å². The van der Waals surface area contributed by atoms with Gasteiger partial charge in [0.15, 0.2) is 10.4 Å². The number of nitrogens with one attached hydrogen (secondary N) is 1. The molecule has 1 aliphatic rings. The normalized spacial score (nSPS) is 15.2. The topological polar surface area (TPSA) is 88.9 Å². The number of esters is 1. The number of anilines is 2. The second kappa shape index (κ2) is 10.6. The highest BCUT2D eigenvalue weighted by atomic mass is 79.9. The zero-order valence-electron chi connectivity index (χ0n) is 20.1. The molecular weight excluding hydrogens is 592 g/mol. The number of nitrogens with zero attached hydrogens (tertiary/aromatic N) is 1. The summed E-state index contributed by atoms with van der Waals surface area (Å²) in [6.45, 7) is 5.96. The van der Waals surface area contributed by atoms with Crippen molar-refractivity contribution in [3.8, 4) is 0 Å². The first-order chi connectivity index (χ1) is 17.0. The number of furan rings is 1. The molecule has 0 saturated carbocycles. The van der Waals surface area contributed by atoms with Crippen LogP contribution in [0.4, 0.5) is 11.4 Å². The minimum atomic E-state index is -0.587. The van der Waals surface area contributed by atoms with E-state index in [2.05, 4.69) is 37.2 Å². The molecular formula is C27H26Br2N2O5. The Balaban J connectivity index is 1.46. The van der Waals surface area contributed by atoms with Crippen molar-refractivity contribution >= 4 is 61.0 Å². The van der Waals surface area contributed by atoms with E-state index in [1.165, 1.54) is 0 Å². The molecule has 1 aliphatic heterocycles. The molecule has 2 heterocycles. The molecule has 36 heavy (non-hydrogen) atoms. The van der Waals surface area contributed by atoms with E-state index in [-0.39, 0.29) is 30.0 Å². The number of fused-ring (bicyclic) bond motifs is 1. The van der Waals surface area contributed by atoms with Crippen molar-refractivity contribution in [1.82, 2.24) is 0 Å². The molecule has 1 atom stereocenters. The van der Waals surface area contributed by atoms with Gasteiger partial charge in [0.05, 0.1) is 12.3 Å². The third-order valence-electron chi connectivity index (χ3n) is 5.65. The molecule has 2 aromatic carbocycles. The predicted octanol–water partition coefficient (Wildman–Crippen LogP) is 6.46. The maximum Gasteiger partial charge on any atom is 0.314 e. The van der Waals surface area contributed by atoms with Crippen LogP contribution in [0.25, 0.3) is 0 Å². The molecule has 1 aromatic heterocycles. The van der Waals surface area contributed by atoms with Gasteiger partial charge in [0, 0.05) is 22.4 Å². The van der Waals surface area contributed by atoms with Crippen molar-refractivity contribution in [3.63, 3.8) is 0 Å². The Morgan fingerprint density at radius 1 is 1.06 bits per heavy atom. The molecule has 1 unspecified atom stereocenters. The van der Waals surface area contributed by atoms with Crippen LogP contribution in [-0.4, -0.2) is 29.9 Å². The number of hydrogen-bond donors (Lipinski definition) is 1. The standard InChI is InChI=1S/C27H26Br2N2O5/c1-27(2,3)36-26(34)19-12-13-31(21-9-6-17(28)15-20(19)21)24(32)14-16-4-7-18(8-5-16)30-25(33)22-10-11-23(29)35-22/h4-11,15,19H,12-14H2,1-3H3,(H,30,33). The summed E-state index contributed by atoms with van der Waals surface area (Å²) in [5.74, 6) is -0.952. The number of rotatable bonds is 5. The summed E-state index contributed by atoms with van der Waals surface area (Å²) in [6, 6.07) is 16.0. The van der Waals surface area contributed by atoms with E-state index in [1.807, 2.05) is 51.1 Å². The minimum Gasteiger partial charge on any atom is -0.459 e. The number of carbonyl (C=O) groups is 3. The molecule has 9 heteroatoms. The molecule has 4 rings (SSSR count). The van der Waals surface area contributed by atoms with Gasteiger partial charge in [-0.05, 0) is 96.7 Å². The Morgan fingerprint density at radius 3 is 2.42 bits per heavy atom. The molecule has 3 aromatic rings. The van der Waals surface area contributed by atoms with Gasteiger partial charge in [-0.2, -0.15) is 0 Å². The molecule has 0 radical (unpaired) electrons. The average Bonchev–Trinajstić information content (AvgIpc) is 3.24. The Bertz CT molecular complexity index is 1290. The average molecular weight is 618 g/mol. The summed E-state index contributed by atoms with van der Waals surface area (Å²) in [6.07, 6.45) is 0.671. The molecule has 0 aliphatic carbocycles. The Hall–Kier alpha value is -2.91. The van der Waals surface area contributed by atoms with Crippen LogP contribution < -0.4 is 10.2 Å². The number of hydrogen-bond acceptors (Lipinski definition) is 5. The van der Waals surface area contributed by atoms with Crippen molar-refractivity contribution in [2.75, 3.05) is 16.8 Å². The predicted molar refractivity (Wildman–Crippen MR) is 144 cm³/mol. The quantitative estimate of drug-likeness (QED) is 0.332. The third kappa shape index (κ3) is 6.25. The lowest BCUT2D eigenvalue weighted by Gasteiger charge is -2.35. The van der Waals surface area contributed by atoms with Gasteiger partial charge in [0.25, 0.3) is 5.91 Å². The fraction of sp³-hybridized carbons (Fsp3) is 0.296. The van der Waals surface area contributed by atoms with Crippen molar-refractivity contribution in [2.45, 2.75) is 45.1 Å². The van der Waals surface area contributed by atoms with E-state index in [0.29, 0.717) is 23.3 Å². The lowest BCUT2D eigenvalue weighted by molar-refractivity contribution is -0.157. The van der Waals surface area contributed by atoms with Gasteiger partial charge in [0.1, 0.15) is 5.60 Å². The molecule has 0 saturated heterocycles. The van der Waals surface area contributed by atoms with Crippen LogP contribution in [0.1, 0.15) is 54.8 Å². The monoisotopic (exact) mass is 616 g/mol. The SMILES string of the molecule is CC(C)(C)OC(=O)C1CCN(C(=O)Cc2ccc(NC(=O)c3ccc(Br)o3)cc2)c2ccc(Br)cc21. The van der Waals surface area contributed by atoms with Gasteiger partial charge in [0.2, 0.25) is 5.91 Å². The van der Waals surface area contributed by atoms with Crippen molar-refractivity contribution < 1.29 is 23.5 Å². The van der Waals surface area contributed by atoms with E-state index in [4.69, 9.17) is 9.15 Å². The third-order valence-corrected chi connectivity index (χ3v) is 6.57. The fourth-order valence-electron chi connectivity index (χ4n) is 4.07. The zero-order chi connectivity index (χ0) is 26.0. The second-order valence-electron chi connectivity index (χ2n) is 9.55. The summed E-state index contributed by atoms with van der Waals surface area (Å²) >= 11 is 6.66. The van der Waals surface area contributed by atoms with Gasteiger partial charge in [-0.3, -0.25) is 14.4 Å². The lowest BCUT2D eigenvalue weighted by atomic mass is 9.89. The molecule has 188 valence electrons. The molecule has 7 nitrogen and oxygen atoms in total. The first-order valence-electron chi connectivity index (χ1n) is 11.5. The first-order valence-corrected chi connectivity index (χ1v) is 13.1. The number of halogens is 2. The number of ether oxygens (including phenoxy) is 1. The molecule has 0 bridgehead atoms. The highest BCUT2D eigenvalue weighted by molar-refractivity contribution is 9.10. The maximum absolute atomic E-state index is 13.3. The maximum atomic E-state index is 13.3. The van der Waals surface area contributed by atoms with Crippen LogP contribution >= 0.6 is 31.9 Å². The highest BCUT2D eigenvalue weighted by Crippen LogP contribution is 2.38. The number of carbonyl (C=O) groups excluding carboxylic acids is 3. The van der Waals surface area contributed by atoms with Crippen molar-refractivity contribution in [1.29, 1.82) is 0 Å². The number of amides is 2. The minimum absolute atomic E-state index is 0.0709. The zero-order valence-corrected chi connectivity index (χ0v) is 23.3. The molecule has 1 N–H and O–H groups in total. The summed E-state index contributed by atoms with van der Waals surface area (Å²) in [5, 5.41) is 2.77. The van der Waals surface area contributed by atoms with Crippen LogP contribution in [0, 0.1) is 0 Å². The van der Waals surface area contributed by atoms with Gasteiger partial charge in [-0.1, -0.05) is 28.1 Å². The van der Waals surface area contributed by atoms with Gasteiger partial charge >= 0.3 is 5.97 Å². The number of benzene rings is 2. The van der Waals surface area contributed by atoms with Gasteiger partial charge in [-0.25, -0.2) is 0 Å². The summed E-state index contributed by atoms with van der Waals surface area (Å²) in [4.78, 5) is 40.2. The van der Waals surface area contributed by atoms with Crippen LogP contribution in [-0.2, 0) is 20.7 Å². The summed E-state index contributed by atoms with van der Waals surface area (Å²) < 4.78 is 12.2. The second-order valence-corrected chi connectivity index (χ2v) is 11.3. The van der Waals surface area contributed by atoms with Gasteiger partial charge in [-0.15, -0.1) is 0 Å². The summed E-state index contributed by atoms with van der Waals surface area (Å²) in [7, 11) is 0. The van der Waals surface area contributed by atoms with Crippen LogP contribution in [0.2, 0.25) is 0 Å². The van der Waals surface area contributed by atoms with Crippen LogP contribution in [0.3, 0.4) is 0 Å². The Kier molecular flexibility index (Phi) is 7.70. The van der Waals surface area contributed by atoms with Gasteiger partial charge < -0.3 is 19.4 Å². The van der Waals surface area contributed by atoms with E-state index in [9.17, 15) is 14.4 Å². The van der Waals surface area contributed by atoms with E-state index in [0.717, 1.165) is 21.3 Å². The summed E-state index contributed by atoms with van der Waals surface area (Å²) in [5.41, 5.74) is 2.32.